The first-order chi connectivity index (χ1) is 14.7. The Morgan fingerprint density at radius 1 is 1.06 bits per heavy atom. The molecular weight excluding hydrogens is 409 g/mol. The van der Waals surface area contributed by atoms with Gasteiger partial charge in [0.2, 0.25) is 5.43 Å². The lowest BCUT2D eigenvalue weighted by Crippen LogP contribution is -2.50. The van der Waals surface area contributed by atoms with Crippen molar-refractivity contribution in [1.82, 2.24) is 9.88 Å². The van der Waals surface area contributed by atoms with Crippen LogP contribution in [0.3, 0.4) is 0 Å². The molecule has 1 saturated heterocycles. The van der Waals surface area contributed by atoms with Gasteiger partial charge in [-0.05, 0) is 36.8 Å². The maximum absolute atomic E-state index is 13.0. The molecule has 2 heterocycles. The third-order valence-electron chi connectivity index (χ3n) is 5.47. The molecule has 1 aromatic heterocycles. The summed E-state index contributed by atoms with van der Waals surface area (Å²) >= 11 is 0. The molecule has 0 saturated carbocycles. The second-order valence-corrected chi connectivity index (χ2v) is 7.48. The number of carbonyl (C=O) groups is 1. The number of alkyl halides is 3. The van der Waals surface area contributed by atoms with Crippen LogP contribution in [0.5, 0.6) is 0 Å². The van der Waals surface area contributed by atoms with E-state index in [1.807, 2.05) is 17.9 Å². The first kappa shape index (κ1) is 20.8. The van der Waals surface area contributed by atoms with Crippen molar-refractivity contribution in [2.24, 2.45) is 0 Å². The van der Waals surface area contributed by atoms with E-state index in [9.17, 15) is 22.8 Å². The highest BCUT2D eigenvalue weighted by Gasteiger charge is 2.31. The lowest BCUT2D eigenvalue weighted by Gasteiger charge is -2.36. The summed E-state index contributed by atoms with van der Waals surface area (Å²) in [7, 11) is 0. The van der Waals surface area contributed by atoms with Gasteiger partial charge in [0.05, 0.1) is 11.1 Å². The second kappa shape index (κ2) is 7.98. The number of fused-ring (bicyclic) bond motifs is 1. The number of aryl methyl sites for hydroxylation is 1. The van der Waals surface area contributed by atoms with Crippen molar-refractivity contribution in [3.05, 3.63) is 70.0 Å². The normalized spacial score (nSPS) is 14.7. The lowest BCUT2D eigenvalue weighted by molar-refractivity contribution is -0.137. The zero-order valence-corrected chi connectivity index (χ0v) is 16.8. The van der Waals surface area contributed by atoms with Gasteiger partial charge >= 0.3 is 12.2 Å². The minimum Gasteiger partial charge on any atom is -0.368 e. The molecule has 0 bridgehead atoms. The van der Waals surface area contributed by atoms with Gasteiger partial charge in [-0.3, -0.25) is 4.79 Å². The summed E-state index contributed by atoms with van der Waals surface area (Å²) in [5.41, 5.74) is 1.31. The van der Waals surface area contributed by atoms with Gasteiger partial charge in [0, 0.05) is 43.4 Å². The Hall–Kier alpha value is -3.49. The van der Waals surface area contributed by atoms with E-state index in [1.54, 1.807) is 23.1 Å². The molecule has 9 heteroatoms. The number of hydrogen-bond acceptors (Lipinski definition) is 3. The summed E-state index contributed by atoms with van der Waals surface area (Å²) in [6.45, 7) is 3.32. The number of nitrogens with one attached hydrogen (secondary N) is 2. The SMILES string of the molecule is Cc1cccc2c(=O)c(NC(=O)N3CCN(c4cccc(C(F)(F)F)c4)CC3)c[nH]c12. The van der Waals surface area contributed by atoms with Crippen LogP contribution in [-0.2, 0) is 6.18 Å². The molecule has 6 nitrogen and oxygen atoms in total. The van der Waals surface area contributed by atoms with Crippen molar-refractivity contribution >= 4 is 28.3 Å². The number of urea groups is 1. The minimum absolute atomic E-state index is 0.156. The quantitative estimate of drug-likeness (QED) is 0.640. The summed E-state index contributed by atoms with van der Waals surface area (Å²) in [5.74, 6) is 0. The predicted molar refractivity (Wildman–Crippen MR) is 114 cm³/mol. The first-order valence-corrected chi connectivity index (χ1v) is 9.83. The van der Waals surface area contributed by atoms with E-state index in [0.717, 1.165) is 23.2 Å². The summed E-state index contributed by atoms with van der Waals surface area (Å²) in [6, 6.07) is 10.1. The van der Waals surface area contributed by atoms with Gasteiger partial charge in [-0.25, -0.2) is 4.79 Å². The third-order valence-corrected chi connectivity index (χ3v) is 5.47. The molecule has 3 aromatic rings. The number of halogens is 3. The highest BCUT2D eigenvalue weighted by molar-refractivity contribution is 5.92. The number of anilines is 2. The van der Waals surface area contributed by atoms with Crippen LogP contribution in [0, 0.1) is 6.92 Å². The third kappa shape index (κ3) is 4.21. The number of pyridine rings is 1. The second-order valence-electron chi connectivity index (χ2n) is 7.48. The van der Waals surface area contributed by atoms with E-state index in [4.69, 9.17) is 0 Å². The number of H-pyrrole nitrogens is 1. The fourth-order valence-corrected chi connectivity index (χ4v) is 3.74. The maximum atomic E-state index is 13.0. The highest BCUT2D eigenvalue weighted by atomic mass is 19.4. The number of benzene rings is 2. The Kier molecular flexibility index (Phi) is 5.34. The van der Waals surface area contributed by atoms with Gasteiger partial charge in [-0.1, -0.05) is 18.2 Å². The molecular formula is C22H21F3N4O2. The van der Waals surface area contributed by atoms with Crippen LogP contribution in [0.25, 0.3) is 10.9 Å². The average molecular weight is 430 g/mol. The number of nitrogens with zero attached hydrogens (tertiary/aromatic N) is 2. The predicted octanol–water partition coefficient (Wildman–Crippen LogP) is 4.21. The van der Waals surface area contributed by atoms with Crippen molar-refractivity contribution in [3.8, 4) is 0 Å². The standard InChI is InChI=1S/C22H21F3N4O2/c1-14-4-2-7-17-19(14)26-13-18(20(17)30)27-21(31)29-10-8-28(9-11-29)16-6-3-5-15(12-16)22(23,24)25/h2-7,12-13H,8-11H2,1H3,(H,26,30)(H,27,31). The molecule has 0 atom stereocenters. The van der Waals surface area contributed by atoms with E-state index < -0.39 is 17.8 Å². The number of aromatic amines is 1. The minimum atomic E-state index is -4.40. The smallest absolute Gasteiger partial charge is 0.368 e. The molecule has 1 aliphatic heterocycles. The maximum Gasteiger partial charge on any atom is 0.416 e. The molecule has 1 fully saturated rings. The van der Waals surface area contributed by atoms with Gasteiger partial charge in [-0.15, -0.1) is 0 Å². The molecule has 2 amide bonds. The van der Waals surface area contributed by atoms with Gasteiger partial charge < -0.3 is 20.1 Å². The fraction of sp³-hybridized carbons (Fsp3) is 0.273. The largest absolute Gasteiger partial charge is 0.416 e. The molecule has 4 rings (SSSR count). The fourth-order valence-electron chi connectivity index (χ4n) is 3.74. The van der Waals surface area contributed by atoms with Crippen molar-refractivity contribution in [2.75, 3.05) is 36.4 Å². The Bertz CT molecular complexity index is 1180. The van der Waals surface area contributed by atoms with Crippen LogP contribution in [0.15, 0.2) is 53.5 Å². The van der Waals surface area contributed by atoms with Crippen molar-refractivity contribution in [1.29, 1.82) is 0 Å². The summed E-state index contributed by atoms with van der Waals surface area (Å²) in [4.78, 5) is 31.7. The zero-order valence-electron chi connectivity index (χ0n) is 16.8. The van der Waals surface area contributed by atoms with Crippen LogP contribution in [0.1, 0.15) is 11.1 Å². The lowest BCUT2D eigenvalue weighted by atomic mass is 10.1. The summed E-state index contributed by atoms with van der Waals surface area (Å²) < 4.78 is 38.9. The van der Waals surface area contributed by atoms with Crippen LogP contribution in [-0.4, -0.2) is 42.1 Å². The molecule has 0 radical (unpaired) electrons. The van der Waals surface area contributed by atoms with Crippen LogP contribution in [0.2, 0.25) is 0 Å². The molecule has 2 N–H and O–H groups in total. The topological polar surface area (TPSA) is 68.4 Å². The molecule has 2 aromatic carbocycles. The van der Waals surface area contributed by atoms with Crippen LogP contribution in [0.4, 0.5) is 29.3 Å². The van der Waals surface area contributed by atoms with E-state index in [0.29, 0.717) is 37.3 Å². The van der Waals surface area contributed by atoms with E-state index in [-0.39, 0.29) is 11.1 Å². The Labute approximate surface area is 176 Å². The molecule has 31 heavy (non-hydrogen) atoms. The average Bonchev–Trinajstić information content (AvgIpc) is 2.76. The number of aromatic nitrogens is 1. The molecule has 0 unspecified atom stereocenters. The van der Waals surface area contributed by atoms with Crippen LogP contribution >= 0.6 is 0 Å². The highest BCUT2D eigenvalue weighted by Crippen LogP contribution is 2.31. The Morgan fingerprint density at radius 2 is 1.77 bits per heavy atom. The first-order valence-electron chi connectivity index (χ1n) is 9.83. The van der Waals surface area contributed by atoms with E-state index in [1.165, 1.54) is 12.3 Å². The number of rotatable bonds is 2. The number of hydrogen-bond donors (Lipinski definition) is 2. The molecule has 0 aliphatic carbocycles. The molecule has 1 aliphatic rings. The van der Waals surface area contributed by atoms with Crippen molar-refractivity contribution in [2.45, 2.75) is 13.1 Å². The Morgan fingerprint density at radius 3 is 2.48 bits per heavy atom. The van der Waals surface area contributed by atoms with E-state index in [2.05, 4.69) is 10.3 Å². The van der Waals surface area contributed by atoms with Gasteiger partial charge in [-0.2, -0.15) is 13.2 Å². The molecule has 162 valence electrons. The van der Waals surface area contributed by atoms with Crippen LogP contribution < -0.4 is 15.6 Å². The van der Waals surface area contributed by atoms with E-state index >= 15 is 0 Å². The summed E-state index contributed by atoms with van der Waals surface area (Å²) in [6.07, 6.45) is -2.92. The van der Waals surface area contributed by atoms with Gasteiger partial charge in [0.15, 0.2) is 0 Å². The molecule has 0 spiro atoms. The van der Waals surface area contributed by atoms with Crippen molar-refractivity contribution < 1.29 is 18.0 Å². The number of carbonyl (C=O) groups excluding carboxylic acids is 1. The van der Waals surface area contributed by atoms with Gasteiger partial charge in [0.1, 0.15) is 5.69 Å². The monoisotopic (exact) mass is 430 g/mol. The van der Waals surface area contributed by atoms with Crippen molar-refractivity contribution in [3.63, 3.8) is 0 Å². The Balaban J connectivity index is 1.43. The zero-order chi connectivity index (χ0) is 22.2. The number of piperazine rings is 1. The number of para-hydroxylation sites is 1. The summed E-state index contributed by atoms with van der Waals surface area (Å²) in [5, 5.41) is 3.14. The number of amides is 2. The van der Waals surface area contributed by atoms with Gasteiger partial charge in [0.25, 0.3) is 0 Å².